The number of rotatable bonds is 5. The fourth-order valence-electron chi connectivity index (χ4n) is 9.29. The van der Waals surface area contributed by atoms with E-state index in [2.05, 4.69) is 202 Å². The number of hydrogen-bond acceptors (Lipinski definition) is 0. The Morgan fingerprint density at radius 3 is 0.945 bits per heavy atom. The van der Waals surface area contributed by atoms with Gasteiger partial charge in [-0.05, 0) is 146 Å². The van der Waals surface area contributed by atoms with Crippen molar-refractivity contribution in [2.45, 2.75) is 4.90 Å². The lowest BCUT2D eigenvalue weighted by atomic mass is 9.80. The summed E-state index contributed by atoms with van der Waals surface area (Å²) in [5.41, 5.74) is 7.82. The van der Waals surface area contributed by atoms with Gasteiger partial charge in [-0.25, -0.2) is 10.0 Å². The summed E-state index contributed by atoms with van der Waals surface area (Å²) in [4.78, 5) is 1.46. The molecule has 55 heavy (non-hydrogen) atoms. The van der Waals surface area contributed by atoms with E-state index in [0.29, 0.717) is 0 Å². The van der Waals surface area contributed by atoms with E-state index in [-0.39, 0.29) is 7.92 Å². The summed E-state index contributed by atoms with van der Waals surface area (Å²) >= 11 is 0. The molecule has 0 saturated heterocycles. The smallest absolute Gasteiger partial charge is 0.00139 e. The van der Waals surface area contributed by atoms with Crippen LogP contribution >= 0.6 is 17.9 Å². The molecule has 0 saturated carbocycles. The number of benzene rings is 10. The molecule has 0 spiro atoms. The summed E-state index contributed by atoms with van der Waals surface area (Å²) in [6.07, 6.45) is 7.20. The van der Waals surface area contributed by atoms with E-state index in [1.807, 2.05) is 0 Å². The summed E-state index contributed by atoms with van der Waals surface area (Å²) in [6, 6.07) is 64.2. The first-order valence-electron chi connectivity index (χ1n) is 19.1. The van der Waals surface area contributed by atoms with E-state index in [1.165, 1.54) is 108 Å². The van der Waals surface area contributed by atoms with E-state index in [0.717, 1.165) is 0 Å². The normalized spacial score (nSPS) is 12.5. The Bertz CT molecular complexity index is 3050. The van der Waals surface area contributed by atoms with Crippen LogP contribution in [0.1, 0.15) is 0 Å². The predicted octanol–water partition coefficient (Wildman–Crippen LogP) is 15.0. The molecule has 10 aromatic carbocycles. The van der Waals surface area contributed by atoms with Crippen LogP contribution in [0.3, 0.4) is 0 Å². The van der Waals surface area contributed by atoms with Crippen molar-refractivity contribution in [3.63, 3.8) is 0 Å². The van der Waals surface area contributed by atoms with Crippen molar-refractivity contribution >= 4 is 87.9 Å². The lowest BCUT2D eigenvalue weighted by Gasteiger charge is -2.28. The maximum absolute atomic E-state index is 2.41. The van der Waals surface area contributed by atoms with E-state index in [4.69, 9.17) is 0 Å². The van der Waals surface area contributed by atoms with E-state index in [1.54, 1.807) is 0 Å². The van der Waals surface area contributed by atoms with Gasteiger partial charge >= 0.3 is 0 Å². The standard InChI is InChI=1S/C53H43PS/c1-54(2)48-32-30-46(34-18-6-8-20-36(34)48)50-38-22-10-14-26-42(38)52(43-27-15-11-23-39(43)50)53-44-28-16-12-24-40(44)51(41-25-13-17-29-45(41)53)47-31-33-49(55(3,4)5)37-21-9-7-19-35(37)47/h6-33H,1-5H3. The number of hydrogen-bond donors (Lipinski definition) is 0. The Labute approximate surface area is 326 Å². The van der Waals surface area contributed by atoms with Crippen LogP contribution in [0.15, 0.2) is 175 Å². The summed E-state index contributed by atoms with van der Waals surface area (Å²) in [6.45, 7) is 4.72. The predicted molar refractivity (Wildman–Crippen MR) is 250 cm³/mol. The Balaban J connectivity index is 1.35. The van der Waals surface area contributed by atoms with Gasteiger partial charge in [-0.1, -0.05) is 172 Å². The van der Waals surface area contributed by atoms with Crippen LogP contribution < -0.4 is 5.30 Å². The first-order chi connectivity index (χ1) is 26.8. The van der Waals surface area contributed by atoms with Gasteiger partial charge in [-0.15, -0.1) is 0 Å². The molecule has 0 atom stereocenters. The fourth-order valence-corrected chi connectivity index (χ4v) is 11.7. The first-order valence-corrected chi connectivity index (χ1v) is 24.2. The maximum Gasteiger partial charge on any atom is -0.00139 e. The van der Waals surface area contributed by atoms with E-state index < -0.39 is 10.0 Å². The van der Waals surface area contributed by atoms with Crippen LogP contribution in [-0.4, -0.2) is 32.1 Å². The second-order valence-corrected chi connectivity index (χ2v) is 22.1. The number of fused-ring (bicyclic) bond motifs is 6. The lowest BCUT2D eigenvalue weighted by molar-refractivity contribution is 1.51. The molecule has 0 aromatic heterocycles. The highest BCUT2D eigenvalue weighted by molar-refractivity contribution is 8.32. The highest BCUT2D eigenvalue weighted by atomic mass is 32.3. The zero-order chi connectivity index (χ0) is 37.4. The molecule has 0 nitrogen and oxygen atoms in total. The molecule has 266 valence electrons. The molecule has 0 amide bonds. The molecule has 0 bridgehead atoms. The molecule has 2 heteroatoms. The van der Waals surface area contributed by atoms with Crippen molar-refractivity contribution in [2.75, 3.05) is 32.1 Å². The van der Waals surface area contributed by atoms with Crippen LogP contribution in [0.25, 0.3) is 98.0 Å². The van der Waals surface area contributed by atoms with Gasteiger partial charge in [-0.3, -0.25) is 0 Å². The summed E-state index contributed by atoms with van der Waals surface area (Å²) in [5, 5.41) is 17.1. The quantitative estimate of drug-likeness (QED) is 0.122. The van der Waals surface area contributed by atoms with Crippen molar-refractivity contribution in [1.82, 2.24) is 0 Å². The largest absolute Gasteiger partial charge is 0.223 e. The molecular formula is C53H43PS. The van der Waals surface area contributed by atoms with Gasteiger partial charge in [-0.2, -0.15) is 0 Å². The van der Waals surface area contributed by atoms with Crippen LogP contribution in [0, 0.1) is 0 Å². The second-order valence-electron chi connectivity index (χ2n) is 15.7. The maximum atomic E-state index is 2.41. The molecule has 10 rings (SSSR count). The molecular weight excluding hydrogens is 700 g/mol. The van der Waals surface area contributed by atoms with Crippen molar-refractivity contribution in [3.8, 4) is 33.4 Å². The third-order valence-electron chi connectivity index (χ3n) is 11.6. The molecule has 0 fully saturated rings. The lowest BCUT2D eigenvalue weighted by Crippen LogP contribution is -2.02. The topological polar surface area (TPSA) is 0 Å². The van der Waals surface area contributed by atoms with Gasteiger partial charge in [0.2, 0.25) is 0 Å². The summed E-state index contributed by atoms with van der Waals surface area (Å²) in [5.74, 6) is 0. The molecule has 10 aromatic rings. The van der Waals surface area contributed by atoms with Crippen molar-refractivity contribution in [3.05, 3.63) is 170 Å². The third kappa shape index (κ3) is 5.32. The highest BCUT2D eigenvalue weighted by Gasteiger charge is 2.24. The molecule has 0 aliphatic rings. The SMILES string of the molecule is CP(C)c1ccc(-c2c3ccccc3c(-c3c4ccccc4c(-c4ccc(S(C)(C)C)c5ccccc45)c4ccccc34)c3ccccc23)c2ccccc12. The minimum atomic E-state index is -0.939. The van der Waals surface area contributed by atoms with Crippen LogP contribution in [0.4, 0.5) is 0 Å². The van der Waals surface area contributed by atoms with E-state index >= 15 is 0 Å². The molecule has 0 heterocycles. The Kier molecular flexibility index (Phi) is 8.11. The monoisotopic (exact) mass is 742 g/mol. The van der Waals surface area contributed by atoms with Gasteiger partial charge in [0, 0.05) is 0 Å². The van der Waals surface area contributed by atoms with Crippen molar-refractivity contribution in [2.24, 2.45) is 0 Å². The van der Waals surface area contributed by atoms with Gasteiger partial charge in [0.05, 0.1) is 0 Å². The van der Waals surface area contributed by atoms with Crippen LogP contribution in [0.5, 0.6) is 0 Å². The Morgan fingerprint density at radius 2 is 0.582 bits per heavy atom. The summed E-state index contributed by atoms with van der Waals surface area (Å²) in [7, 11) is -1.19. The minimum absolute atomic E-state index is 0.251. The van der Waals surface area contributed by atoms with Gasteiger partial charge in [0.1, 0.15) is 0 Å². The van der Waals surface area contributed by atoms with Crippen LogP contribution in [0.2, 0.25) is 0 Å². The van der Waals surface area contributed by atoms with Crippen molar-refractivity contribution < 1.29 is 0 Å². The zero-order valence-electron chi connectivity index (χ0n) is 32.0. The summed E-state index contributed by atoms with van der Waals surface area (Å²) < 4.78 is 0. The van der Waals surface area contributed by atoms with Gasteiger partial charge in [0.15, 0.2) is 0 Å². The molecule has 0 radical (unpaired) electrons. The Morgan fingerprint density at radius 1 is 0.291 bits per heavy atom. The molecule has 0 unspecified atom stereocenters. The van der Waals surface area contributed by atoms with Crippen molar-refractivity contribution in [1.29, 1.82) is 0 Å². The van der Waals surface area contributed by atoms with Crippen LogP contribution in [-0.2, 0) is 0 Å². The van der Waals surface area contributed by atoms with E-state index in [9.17, 15) is 0 Å². The van der Waals surface area contributed by atoms with Gasteiger partial charge < -0.3 is 0 Å². The third-order valence-corrected chi connectivity index (χ3v) is 14.6. The average molecular weight is 743 g/mol. The zero-order valence-corrected chi connectivity index (χ0v) is 33.7. The highest BCUT2D eigenvalue weighted by Crippen LogP contribution is 2.53. The first kappa shape index (κ1) is 34.1. The van der Waals surface area contributed by atoms with Gasteiger partial charge in [0.25, 0.3) is 0 Å². The fraction of sp³-hybridized carbons (Fsp3) is 0.0943. The second kappa shape index (κ2) is 13.1. The Hall–Kier alpha value is -5.46. The average Bonchev–Trinajstić information content (AvgIpc) is 3.21. The molecule has 0 aliphatic carbocycles. The minimum Gasteiger partial charge on any atom is -0.223 e. The molecule has 0 aliphatic heterocycles. The molecule has 0 N–H and O–H groups in total.